The molecule has 0 aliphatic heterocycles. The highest BCUT2D eigenvalue weighted by Crippen LogP contribution is 2.17. The van der Waals surface area contributed by atoms with E-state index in [1.807, 2.05) is 0 Å². The van der Waals surface area contributed by atoms with Crippen molar-refractivity contribution in [2.45, 2.75) is 38.1 Å². The number of hydrogen-bond acceptors (Lipinski definition) is 2. The maximum absolute atomic E-state index is 11.5. The number of aromatic amines is 1. The Morgan fingerprint density at radius 3 is 2.87 bits per heavy atom. The number of carbonyl (C=O) groups excluding carboxylic acids is 1. The summed E-state index contributed by atoms with van der Waals surface area (Å²) in [6.07, 6.45) is 9.16. The predicted molar refractivity (Wildman–Crippen MR) is 57.6 cm³/mol. The minimum absolute atomic E-state index is 0.136. The van der Waals surface area contributed by atoms with Gasteiger partial charge in [0, 0.05) is 12.2 Å². The maximum atomic E-state index is 11.5. The number of H-pyrrole nitrogens is 1. The van der Waals surface area contributed by atoms with Gasteiger partial charge in [-0.1, -0.05) is 19.3 Å². The molecule has 5 nitrogen and oxygen atoms in total. The van der Waals surface area contributed by atoms with Crippen molar-refractivity contribution in [1.29, 1.82) is 0 Å². The van der Waals surface area contributed by atoms with Gasteiger partial charge in [-0.3, -0.25) is 5.10 Å². The molecule has 82 valence electrons. The Morgan fingerprint density at radius 2 is 2.20 bits per heavy atom. The summed E-state index contributed by atoms with van der Waals surface area (Å²) in [5.74, 6) is 0. The number of nitrogens with zero attached hydrogens (tertiary/aromatic N) is 1. The third-order valence-corrected chi connectivity index (χ3v) is 2.70. The van der Waals surface area contributed by atoms with E-state index in [1.54, 1.807) is 12.4 Å². The Hall–Kier alpha value is -1.52. The van der Waals surface area contributed by atoms with Crippen LogP contribution in [0.1, 0.15) is 32.1 Å². The molecular formula is C10H16N4O. The summed E-state index contributed by atoms with van der Waals surface area (Å²) in [5.41, 5.74) is 0.698. The monoisotopic (exact) mass is 208 g/mol. The molecule has 0 spiro atoms. The fraction of sp³-hybridized carbons (Fsp3) is 0.600. The van der Waals surface area contributed by atoms with Gasteiger partial charge in [-0.2, -0.15) is 5.10 Å². The minimum Gasteiger partial charge on any atom is -0.335 e. The van der Waals surface area contributed by atoms with Crippen molar-refractivity contribution in [3.63, 3.8) is 0 Å². The Balaban J connectivity index is 1.76. The molecule has 0 saturated heterocycles. The number of rotatable bonds is 2. The summed E-state index contributed by atoms with van der Waals surface area (Å²) < 4.78 is 0. The third kappa shape index (κ3) is 2.97. The van der Waals surface area contributed by atoms with E-state index in [-0.39, 0.29) is 6.03 Å². The maximum Gasteiger partial charge on any atom is 0.319 e. The molecule has 1 heterocycles. The molecule has 1 aliphatic rings. The molecule has 5 heteroatoms. The first-order valence-corrected chi connectivity index (χ1v) is 5.41. The molecule has 0 radical (unpaired) electrons. The first kappa shape index (κ1) is 10.0. The first-order valence-electron chi connectivity index (χ1n) is 5.41. The molecule has 0 aromatic carbocycles. The lowest BCUT2D eigenvalue weighted by molar-refractivity contribution is 0.244. The Labute approximate surface area is 88.6 Å². The third-order valence-electron chi connectivity index (χ3n) is 2.70. The van der Waals surface area contributed by atoms with Crippen molar-refractivity contribution >= 4 is 11.7 Å². The zero-order chi connectivity index (χ0) is 10.5. The van der Waals surface area contributed by atoms with Crippen LogP contribution in [-0.2, 0) is 0 Å². The second-order valence-corrected chi connectivity index (χ2v) is 3.92. The Bertz CT molecular complexity index is 303. The first-order chi connectivity index (χ1) is 7.34. The van der Waals surface area contributed by atoms with Gasteiger partial charge in [0.05, 0.1) is 11.9 Å². The summed E-state index contributed by atoms with van der Waals surface area (Å²) >= 11 is 0. The van der Waals surface area contributed by atoms with Crippen molar-refractivity contribution < 1.29 is 4.79 Å². The van der Waals surface area contributed by atoms with E-state index in [0.29, 0.717) is 11.7 Å². The lowest BCUT2D eigenvalue weighted by Gasteiger charge is -2.22. The van der Waals surface area contributed by atoms with Gasteiger partial charge < -0.3 is 10.6 Å². The molecule has 0 unspecified atom stereocenters. The van der Waals surface area contributed by atoms with Gasteiger partial charge in [-0.25, -0.2) is 4.79 Å². The molecule has 1 fully saturated rings. The number of urea groups is 1. The number of carbonyl (C=O) groups is 1. The van der Waals surface area contributed by atoms with E-state index in [1.165, 1.54) is 19.3 Å². The van der Waals surface area contributed by atoms with Gasteiger partial charge in [-0.05, 0) is 12.8 Å². The summed E-state index contributed by atoms with van der Waals surface area (Å²) in [6, 6.07) is 0.203. The quantitative estimate of drug-likeness (QED) is 0.694. The standard InChI is InChI=1S/C10H16N4O/c15-10(14-9-6-11-12-7-9)13-8-4-2-1-3-5-8/h6-8H,1-5H2,(H,11,12)(H2,13,14,15). The molecule has 0 bridgehead atoms. The lowest BCUT2D eigenvalue weighted by Crippen LogP contribution is -2.38. The zero-order valence-corrected chi connectivity index (χ0v) is 8.62. The molecule has 1 aromatic rings. The molecule has 1 aliphatic carbocycles. The molecule has 1 saturated carbocycles. The summed E-state index contributed by atoms with van der Waals surface area (Å²) in [5, 5.41) is 12.1. The van der Waals surface area contributed by atoms with Crippen LogP contribution in [0.15, 0.2) is 12.4 Å². The van der Waals surface area contributed by atoms with E-state index < -0.39 is 0 Å². The summed E-state index contributed by atoms with van der Waals surface area (Å²) in [6.45, 7) is 0. The second-order valence-electron chi connectivity index (χ2n) is 3.92. The van der Waals surface area contributed by atoms with Crippen LogP contribution < -0.4 is 10.6 Å². The Kier molecular flexibility index (Phi) is 3.22. The van der Waals surface area contributed by atoms with Gasteiger partial charge >= 0.3 is 6.03 Å². The van der Waals surface area contributed by atoms with Crippen LogP contribution in [0.2, 0.25) is 0 Å². The van der Waals surface area contributed by atoms with Crippen molar-refractivity contribution in [2.24, 2.45) is 0 Å². The summed E-state index contributed by atoms with van der Waals surface area (Å²) in [7, 11) is 0. The number of aromatic nitrogens is 2. The van der Waals surface area contributed by atoms with Crippen molar-refractivity contribution in [3.8, 4) is 0 Å². The highest BCUT2D eigenvalue weighted by atomic mass is 16.2. The van der Waals surface area contributed by atoms with E-state index in [2.05, 4.69) is 20.8 Å². The van der Waals surface area contributed by atoms with Gasteiger partial charge in [0.15, 0.2) is 0 Å². The molecule has 1 aromatic heterocycles. The van der Waals surface area contributed by atoms with E-state index in [4.69, 9.17) is 0 Å². The fourth-order valence-electron chi connectivity index (χ4n) is 1.92. The number of amides is 2. The average molecular weight is 208 g/mol. The molecule has 3 N–H and O–H groups in total. The lowest BCUT2D eigenvalue weighted by atomic mass is 9.96. The van der Waals surface area contributed by atoms with E-state index >= 15 is 0 Å². The molecule has 15 heavy (non-hydrogen) atoms. The highest BCUT2D eigenvalue weighted by molar-refractivity contribution is 5.89. The zero-order valence-electron chi connectivity index (χ0n) is 8.62. The number of anilines is 1. The van der Waals surface area contributed by atoms with Crippen molar-refractivity contribution in [3.05, 3.63) is 12.4 Å². The smallest absolute Gasteiger partial charge is 0.319 e. The van der Waals surface area contributed by atoms with Gasteiger partial charge in [0.1, 0.15) is 0 Å². The number of nitrogens with one attached hydrogen (secondary N) is 3. The second kappa shape index (κ2) is 4.82. The molecular weight excluding hydrogens is 192 g/mol. The van der Waals surface area contributed by atoms with Crippen LogP contribution in [-0.4, -0.2) is 22.3 Å². The van der Waals surface area contributed by atoms with Gasteiger partial charge in [0.2, 0.25) is 0 Å². The topological polar surface area (TPSA) is 69.8 Å². The minimum atomic E-state index is -0.136. The van der Waals surface area contributed by atoms with Crippen LogP contribution in [0.3, 0.4) is 0 Å². The van der Waals surface area contributed by atoms with Crippen molar-refractivity contribution in [2.75, 3.05) is 5.32 Å². The van der Waals surface area contributed by atoms with E-state index in [9.17, 15) is 4.79 Å². The van der Waals surface area contributed by atoms with E-state index in [0.717, 1.165) is 12.8 Å². The Morgan fingerprint density at radius 1 is 1.40 bits per heavy atom. The SMILES string of the molecule is O=C(Nc1cn[nH]c1)NC1CCCCC1. The van der Waals surface area contributed by atoms with Gasteiger partial charge in [-0.15, -0.1) is 0 Å². The van der Waals surface area contributed by atoms with Crippen LogP contribution in [0.25, 0.3) is 0 Å². The van der Waals surface area contributed by atoms with Gasteiger partial charge in [0.25, 0.3) is 0 Å². The van der Waals surface area contributed by atoms with Crippen LogP contribution in [0.4, 0.5) is 10.5 Å². The highest BCUT2D eigenvalue weighted by Gasteiger charge is 2.15. The predicted octanol–water partition coefficient (Wildman–Crippen LogP) is 1.86. The molecule has 2 amide bonds. The number of hydrogen-bond donors (Lipinski definition) is 3. The summed E-state index contributed by atoms with van der Waals surface area (Å²) in [4.78, 5) is 11.5. The molecule has 0 atom stereocenters. The van der Waals surface area contributed by atoms with Crippen LogP contribution in [0, 0.1) is 0 Å². The largest absolute Gasteiger partial charge is 0.335 e. The van der Waals surface area contributed by atoms with Crippen LogP contribution in [0.5, 0.6) is 0 Å². The fourth-order valence-corrected chi connectivity index (χ4v) is 1.92. The average Bonchev–Trinajstić information content (AvgIpc) is 2.71. The molecule has 2 rings (SSSR count). The van der Waals surface area contributed by atoms with Crippen molar-refractivity contribution in [1.82, 2.24) is 15.5 Å². The normalized spacial score (nSPS) is 17.3. The van der Waals surface area contributed by atoms with Crippen LogP contribution >= 0.6 is 0 Å².